The van der Waals surface area contributed by atoms with Crippen LogP contribution in [-0.4, -0.2) is 16.1 Å². The Balaban J connectivity index is 2.69. The molecule has 2 N–H and O–H groups in total. The number of nitrogens with zero attached hydrogens (tertiary/aromatic N) is 2. The standard InChI is InChI=1S/C10H10ClN3O/c11-7-1-2-8-9(5-7)13-6-14(4-3-12)10(8)15/h1-2,5-6H,3-4,12H2. The van der Waals surface area contributed by atoms with Crippen molar-refractivity contribution in [3.05, 3.63) is 39.9 Å². The summed E-state index contributed by atoms with van der Waals surface area (Å²) in [5.41, 5.74) is 5.92. The molecule has 78 valence electrons. The van der Waals surface area contributed by atoms with Crippen LogP contribution in [0.15, 0.2) is 29.3 Å². The molecule has 0 spiro atoms. The molecule has 0 radical (unpaired) electrons. The van der Waals surface area contributed by atoms with Gasteiger partial charge in [0.2, 0.25) is 0 Å². The first-order valence-corrected chi connectivity index (χ1v) is 4.95. The lowest BCUT2D eigenvalue weighted by atomic mass is 10.2. The molecule has 2 aromatic rings. The van der Waals surface area contributed by atoms with Gasteiger partial charge in [0.15, 0.2) is 0 Å². The second-order valence-electron chi connectivity index (χ2n) is 3.19. The van der Waals surface area contributed by atoms with Crippen LogP contribution < -0.4 is 11.3 Å². The minimum atomic E-state index is -0.0814. The van der Waals surface area contributed by atoms with E-state index in [0.717, 1.165) is 0 Å². The highest BCUT2D eigenvalue weighted by atomic mass is 35.5. The Morgan fingerprint density at radius 3 is 3.00 bits per heavy atom. The number of rotatable bonds is 2. The third-order valence-corrected chi connectivity index (χ3v) is 2.39. The Morgan fingerprint density at radius 1 is 1.47 bits per heavy atom. The smallest absolute Gasteiger partial charge is 0.261 e. The van der Waals surface area contributed by atoms with Gasteiger partial charge in [-0.05, 0) is 18.2 Å². The van der Waals surface area contributed by atoms with Gasteiger partial charge in [-0.25, -0.2) is 4.98 Å². The van der Waals surface area contributed by atoms with Crippen molar-refractivity contribution in [2.45, 2.75) is 6.54 Å². The number of fused-ring (bicyclic) bond motifs is 1. The molecule has 0 unspecified atom stereocenters. The van der Waals surface area contributed by atoms with Crippen LogP contribution in [-0.2, 0) is 6.54 Å². The van der Waals surface area contributed by atoms with Crippen LogP contribution in [0.4, 0.5) is 0 Å². The third-order valence-electron chi connectivity index (χ3n) is 2.16. The van der Waals surface area contributed by atoms with Crippen LogP contribution in [0.2, 0.25) is 5.02 Å². The lowest BCUT2D eigenvalue weighted by molar-refractivity contribution is 0.673. The van der Waals surface area contributed by atoms with Crippen molar-refractivity contribution >= 4 is 22.5 Å². The predicted molar refractivity (Wildman–Crippen MR) is 60.1 cm³/mol. The van der Waals surface area contributed by atoms with Crippen LogP contribution in [0.25, 0.3) is 10.9 Å². The Kier molecular flexibility index (Phi) is 2.70. The molecule has 4 nitrogen and oxygen atoms in total. The molecule has 1 heterocycles. The summed E-state index contributed by atoms with van der Waals surface area (Å²) in [6.07, 6.45) is 1.49. The van der Waals surface area contributed by atoms with Gasteiger partial charge in [-0.15, -0.1) is 0 Å². The van der Waals surface area contributed by atoms with Gasteiger partial charge in [0, 0.05) is 18.1 Å². The maximum absolute atomic E-state index is 11.9. The average molecular weight is 224 g/mol. The summed E-state index contributed by atoms with van der Waals surface area (Å²) >= 11 is 5.80. The maximum atomic E-state index is 11.9. The summed E-state index contributed by atoms with van der Waals surface area (Å²) in [4.78, 5) is 16.0. The van der Waals surface area contributed by atoms with Crippen LogP contribution >= 0.6 is 11.6 Å². The van der Waals surface area contributed by atoms with Gasteiger partial charge in [0.05, 0.1) is 17.2 Å². The highest BCUT2D eigenvalue weighted by Crippen LogP contribution is 2.13. The SMILES string of the molecule is NCCn1cnc2cc(Cl)ccc2c1=O. The first-order valence-electron chi connectivity index (χ1n) is 4.57. The quantitative estimate of drug-likeness (QED) is 0.827. The van der Waals surface area contributed by atoms with E-state index in [2.05, 4.69) is 4.98 Å². The van der Waals surface area contributed by atoms with Gasteiger partial charge in [-0.2, -0.15) is 0 Å². The minimum absolute atomic E-state index is 0.0814. The van der Waals surface area contributed by atoms with E-state index in [-0.39, 0.29) is 5.56 Å². The minimum Gasteiger partial charge on any atom is -0.329 e. The normalized spacial score (nSPS) is 10.8. The molecule has 1 aromatic carbocycles. The molecule has 0 bridgehead atoms. The van der Waals surface area contributed by atoms with E-state index in [9.17, 15) is 4.79 Å². The predicted octanol–water partition coefficient (Wildman–Crippen LogP) is 1.01. The average Bonchev–Trinajstić information content (AvgIpc) is 2.22. The summed E-state index contributed by atoms with van der Waals surface area (Å²) < 4.78 is 1.50. The molecule has 0 fully saturated rings. The van der Waals surface area contributed by atoms with Crippen LogP contribution in [0.5, 0.6) is 0 Å². The number of halogens is 1. The molecule has 15 heavy (non-hydrogen) atoms. The van der Waals surface area contributed by atoms with E-state index in [1.54, 1.807) is 18.2 Å². The zero-order valence-corrected chi connectivity index (χ0v) is 8.74. The topological polar surface area (TPSA) is 60.9 Å². The molecule has 0 aliphatic carbocycles. The molecule has 0 amide bonds. The van der Waals surface area contributed by atoms with E-state index >= 15 is 0 Å². The van der Waals surface area contributed by atoms with E-state index in [1.807, 2.05) is 0 Å². The van der Waals surface area contributed by atoms with Gasteiger partial charge < -0.3 is 5.73 Å². The number of hydrogen-bond donors (Lipinski definition) is 1. The molecular weight excluding hydrogens is 214 g/mol. The molecule has 0 aliphatic rings. The van der Waals surface area contributed by atoms with Crippen LogP contribution in [0.1, 0.15) is 0 Å². The summed E-state index contributed by atoms with van der Waals surface area (Å²) in [6, 6.07) is 5.03. The van der Waals surface area contributed by atoms with Gasteiger partial charge in [-0.3, -0.25) is 9.36 Å². The highest BCUT2D eigenvalue weighted by molar-refractivity contribution is 6.31. The molecule has 0 aliphatic heterocycles. The van der Waals surface area contributed by atoms with E-state index in [4.69, 9.17) is 17.3 Å². The van der Waals surface area contributed by atoms with Crippen molar-refractivity contribution < 1.29 is 0 Å². The third kappa shape index (κ3) is 1.86. The van der Waals surface area contributed by atoms with Crippen molar-refractivity contribution in [2.75, 3.05) is 6.54 Å². The van der Waals surface area contributed by atoms with E-state index in [1.165, 1.54) is 10.9 Å². The molecule has 5 heteroatoms. The van der Waals surface area contributed by atoms with Crippen molar-refractivity contribution in [2.24, 2.45) is 5.73 Å². The number of aromatic nitrogens is 2. The largest absolute Gasteiger partial charge is 0.329 e. The summed E-state index contributed by atoms with van der Waals surface area (Å²) in [5, 5.41) is 1.14. The number of nitrogens with two attached hydrogens (primary N) is 1. The van der Waals surface area contributed by atoms with Gasteiger partial charge in [0.25, 0.3) is 5.56 Å². The number of benzene rings is 1. The lowest BCUT2D eigenvalue weighted by Gasteiger charge is -2.04. The fourth-order valence-electron chi connectivity index (χ4n) is 1.43. The maximum Gasteiger partial charge on any atom is 0.261 e. The lowest BCUT2D eigenvalue weighted by Crippen LogP contribution is -2.24. The summed E-state index contributed by atoms with van der Waals surface area (Å²) in [7, 11) is 0. The van der Waals surface area contributed by atoms with Crippen molar-refractivity contribution in [3.63, 3.8) is 0 Å². The van der Waals surface area contributed by atoms with Crippen molar-refractivity contribution in [1.82, 2.24) is 9.55 Å². The second kappa shape index (κ2) is 4.00. The highest BCUT2D eigenvalue weighted by Gasteiger charge is 2.03. The first-order chi connectivity index (χ1) is 7.22. The fraction of sp³-hybridized carbons (Fsp3) is 0.200. The van der Waals surface area contributed by atoms with Crippen molar-refractivity contribution in [3.8, 4) is 0 Å². The molecule has 2 rings (SSSR count). The Bertz CT molecular complexity index is 550. The summed E-state index contributed by atoms with van der Waals surface area (Å²) in [6.45, 7) is 0.894. The van der Waals surface area contributed by atoms with Gasteiger partial charge in [-0.1, -0.05) is 11.6 Å². The summed E-state index contributed by atoms with van der Waals surface area (Å²) in [5.74, 6) is 0. The Hall–Kier alpha value is -1.39. The van der Waals surface area contributed by atoms with E-state index < -0.39 is 0 Å². The zero-order valence-electron chi connectivity index (χ0n) is 7.98. The molecule has 0 atom stereocenters. The van der Waals surface area contributed by atoms with Crippen molar-refractivity contribution in [1.29, 1.82) is 0 Å². The first kappa shape index (κ1) is 10.1. The number of hydrogen-bond acceptors (Lipinski definition) is 3. The Morgan fingerprint density at radius 2 is 2.27 bits per heavy atom. The molecule has 0 saturated carbocycles. The van der Waals surface area contributed by atoms with Crippen LogP contribution in [0.3, 0.4) is 0 Å². The monoisotopic (exact) mass is 223 g/mol. The molecule has 1 aromatic heterocycles. The Labute approximate surface area is 91.3 Å². The molecule has 0 saturated heterocycles. The van der Waals surface area contributed by atoms with Gasteiger partial charge >= 0.3 is 0 Å². The molecular formula is C10H10ClN3O. The fourth-order valence-corrected chi connectivity index (χ4v) is 1.60. The van der Waals surface area contributed by atoms with Crippen LogP contribution in [0, 0.1) is 0 Å². The van der Waals surface area contributed by atoms with Gasteiger partial charge in [0.1, 0.15) is 0 Å². The second-order valence-corrected chi connectivity index (χ2v) is 3.63. The zero-order chi connectivity index (χ0) is 10.8. The van der Waals surface area contributed by atoms with E-state index in [0.29, 0.717) is 29.0 Å².